The zero-order chi connectivity index (χ0) is 17.1. The number of carbonyl (C=O) groups is 1. The summed E-state index contributed by atoms with van der Waals surface area (Å²) in [6.45, 7) is 5.68. The quantitative estimate of drug-likeness (QED) is 0.926. The van der Waals surface area contributed by atoms with Crippen LogP contribution in [0.2, 0.25) is 0 Å². The van der Waals surface area contributed by atoms with Gasteiger partial charge in [-0.1, -0.05) is 12.1 Å². The minimum Gasteiger partial charge on any atom is -0.496 e. The molecule has 0 aliphatic carbocycles. The van der Waals surface area contributed by atoms with E-state index in [4.69, 9.17) is 4.74 Å². The molecule has 2 atom stereocenters. The van der Waals surface area contributed by atoms with Crippen LogP contribution in [0.4, 0.5) is 4.79 Å². The normalized spacial score (nSPS) is 24.4. The number of fused-ring (bicyclic) bond motifs is 1. The summed E-state index contributed by atoms with van der Waals surface area (Å²) in [5.74, 6) is 1.52. The minimum absolute atomic E-state index is 0.0859. The van der Waals surface area contributed by atoms with Gasteiger partial charge >= 0.3 is 6.03 Å². The summed E-state index contributed by atoms with van der Waals surface area (Å²) in [5.41, 5.74) is 2.20. The largest absolute Gasteiger partial charge is 0.496 e. The van der Waals surface area contributed by atoms with Crippen LogP contribution in [-0.4, -0.2) is 55.7 Å². The number of urea groups is 1. The first-order valence-corrected chi connectivity index (χ1v) is 8.95. The highest BCUT2D eigenvalue weighted by atomic mass is 16.5. The van der Waals surface area contributed by atoms with Gasteiger partial charge in [0.2, 0.25) is 0 Å². The van der Waals surface area contributed by atoms with E-state index in [1.54, 1.807) is 7.11 Å². The molecule has 2 aliphatic rings. The highest BCUT2D eigenvalue weighted by molar-refractivity contribution is 5.74. The molecule has 1 aromatic rings. The van der Waals surface area contributed by atoms with Gasteiger partial charge in [-0.3, -0.25) is 0 Å². The molecule has 2 amide bonds. The number of hydrogen-bond donors (Lipinski definition) is 1. The van der Waals surface area contributed by atoms with Gasteiger partial charge in [-0.15, -0.1) is 0 Å². The lowest BCUT2D eigenvalue weighted by molar-refractivity contribution is 0.0532. The predicted molar refractivity (Wildman–Crippen MR) is 95.3 cm³/mol. The maximum atomic E-state index is 12.7. The van der Waals surface area contributed by atoms with E-state index in [2.05, 4.69) is 28.2 Å². The summed E-state index contributed by atoms with van der Waals surface area (Å²) < 4.78 is 5.29. The third-order valence-electron chi connectivity index (χ3n) is 5.44. The molecule has 1 aromatic carbocycles. The van der Waals surface area contributed by atoms with E-state index in [0.717, 1.165) is 49.4 Å². The summed E-state index contributed by atoms with van der Waals surface area (Å²) in [6, 6.07) is 6.55. The van der Waals surface area contributed by atoms with Gasteiger partial charge in [-0.2, -0.15) is 0 Å². The van der Waals surface area contributed by atoms with Crippen LogP contribution in [0.25, 0.3) is 0 Å². The molecule has 5 heteroatoms. The number of nitrogens with zero attached hydrogens (tertiary/aromatic N) is 2. The van der Waals surface area contributed by atoms with E-state index in [1.807, 2.05) is 19.1 Å². The van der Waals surface area contributed by atoms with Crippen molar-refractivity contribution in [3.63, 3.8) is 0 Å². The monoisotopic (exact) mass is 331 g/mol. The van der Waals surface area contributed by atoms with Crippen LogP contribution in [0.1, 0.15) is 30.4 Å². The fraction of sp³-hybridized carbons (Fsp3) is 0.632. The van der Waals surface area contributed by atoms with Gasteiger partial charge in [-0.25, -0.2) is 4.79 Å². The molecule has 0 spiro atoms. The molecule has 0 aromatic heterocycles. The number of aryl methyl sites for hydroxylation is 1. The van der Waals surface area contributed by atoms with Gasteiger partial charge in [0, 0.05) is 25.7 Å². The Morgan fingerprint density at radius 3 is 2.92 bits per heavy atom. The SMILES string of the molecule is COc1ccc(CNC(=O)N2CCC[C@H]3CN(C)CC[C@@H]32)cc1C. The molecule has 0 bridgehead atoms. The van der Waals surface area contributed by atoms with Crippen molar-refractivity contribution >= 4 is 6.03 Å². The van der Waals surface area contributed by atoms with E-state index in [9.17, 15) is 4.79 Å². The van der Waals surface area contributed by atoms with Crippen molar-refractivity contribution in [2.24, 2.45) is 5.92 Å². The van der Waals surface area contributed by atoms with Crippen LogP contribution in [-0.2, 0) is 6.54 Å². The van der Waals surface area contributed by atoms with Crippen molar-refractivity contribution in [3.8, 4) is 5.75 Å². The molecule has 2 fully saturated rings. The fourth-order valence-electron chi connectivity index (χ4n) is 4.17. The Morgan fingerprint density at radius 1 is 1.33 bits per heavy atom. The molecule has 0 unspecified atom stereocenters. The van der Waals surface area contributed by atoms with E-state index in [1.165, 1.54) is 6.42 Å². The van der Waals surface area contributed by atoms with E-state index in [0.29, 0.717) is 18.5 Å². The highest BCUT2D eigenvalue weighted by Crippen LogP contribution is 2.30. The smallest absolute Gasteiger partial charge is 0.317 e. The molecular formula is C19H29N3O2. The van der Waals surface area contributed by atoms with Crippen molar-refractivity contribution in [2.75, 3.05) is 33.8 Å². The van der Waals surface area contributed by atoms with E-state index >= 15 is 0 Å². The average Bonchev–Trinajstić information content (AvgIpc) is 2.59. The van der Waals surface area contributed by atoms with Gasteiger partial charge in [0.05, 0.1) is 7.11 Å². The van der Waals surface area contributed by atoms with Crippen LogP contribution in [0, 0.1) is 12.8 Å². The van der Waals surface area contributed by atoms with Crippen molar-refractivity contribution in [1.29, 1.82) is 0 Å². The molecule has 2 aliphatic heterocycles. The van der Waals surface area contributed by atoms with Crippen molar-refractivity contribution < 1.29 is 9.53 Å². The van der Waals surface area contributed by atoms with Gasteiger partial charge in [0.1, 0.15) is 5.75 Å². The first-order chi connectivity index (χ1) is 11.6. The zero-order valence-corrected chi connectivity index (χ0v) is 15.0. The Balaban J connectivity index is 1.59. The summed E-state index contributed by atoms with van der Waals surface area (Å²) >= 11 is 0. The van der Waals surface area contributed by atoms with E-state index < -0.39 is 0 Å². The first-order valence-electron chi connectivity index (χ1n) is 8.95. The van der Waals surface area contributed by atoms with Crippen molar-refractivity contribution in [2.45, 2.75) is 38.8 Å². The van der Waals surface area contributed by atoms with Crippen molar-refractivity contribution in [3.05, 3.63) is 29.3 Å². The van der Waals surface area contributed by atoms with Gasteiger partial charge in [-0.05, 0) is 62.9 Å². The first kappa shape index (κ1) is 17.1. The molecule has 2 saturated heterocycles. The second-order valence-corrected chi connectivity index (χ2v) is 7.18. The zero-order valence-electron chi connectivity index (χ0n) is 15.0. The molecule has 1 N–H and O–H groups in total. The Bertz CT molecular complexity index is 590. The number of benzene rings is 1. The lowest BCUT2D eigenvalue weighted by atomic mass is 9.84. The van der Waals surface area contributed by atoms with Gasteiger partial charge in [0.15, 0.2) is 0 Å². The third-order valence-corrected chi connectivity index (χ3v) is 5.44. The van der Waals surface area contributed by atoms with Crippen LogP contribution >= 0.6 is 0 Å². The summed E-state index contributed by atoms with van der Waals surface area (Å²) in [7, 11) is 3.86. The number of hydrogen-bond acceptors (Lipinski definition) is 3. The second kappa shape index (κ2) is 7.43. The molecule has 3 rings (SSSR count). The number of methoxy groups -OCH3 is 1. The maximum Gasteiger partial charge on any atom is 0.317 e. The van der Waals surface area contributed by atoms with E-state index in [-0.39, 0.29) is 6.03 Å². The Morgan fingerprint density at radius 2 is 2.17 bits per heavy atom. The van der Waals surface area contributed by atoms with Gasteiger partial charge in [0.25, 0.3) is 0 Å². The van der Waals surface area contributed by atoms with Crippen LogP contribution in [0.5, 0.6) is 5.75 Å². The molecule has 2 heterocycles. The molecule has 24 heavy (non-hydrogen) atoms. The molecular weight excluding hydrogens is 302 g/mol. The van der Waals surface area contributed by atoms with Crippen molar-refractivity contribution in [1.82, 2.24) is 15.1 Å². The van der Waals surface area contributed by atoms with Gasteiger partial charge < -0.3 is 19.9 Å². The Hall–Kier alpha value is -1.75. The topological polar surface area (TPSA) is 44.8 Å². The lowest BCUT2D eigenvalue weighted by Crippen LogP contribution is -2.57. The highest BCUT2D eigenvalue weighted by Gasteiger charge is 2.37. The Kier molecular flexibility index (Phi) is 5.29. The predicted octanol–water partition coefficient (Wildman–Crippen LogP) is 2.63. The third kappa shape index (κ3) is 3.66. The van der Waals surface area contributed by atoms with Crippen LogP contribution in [0.15, 0.2) is 18.2 Å². The number of carbonyl (C=O) groups excluding carboxylic acids is 1. The molecule has 5 nitrogen and oxygen atoms in total. The number of nitrogens with one attached hydrogen (secondary N) is 1. The number of amides is 2. The lowest BCUT2D eigenvalue weighted by Gasteiger charge is -2.46. The minimum atomic E-state index is 0.0859. The number of piperidine rings is 2. The number of ether oxygens (including phenoxy) is 1. The number of rotatable bonds is 3. The van der Waals surface area contributed by atoms with Crippen LogP contribution < -0.4 is 10.1 Å². The molecule has 132 valence electrons. The van der Waals surface area contributed by atoms with Crippen LogP contribution in [0.3, 0.4) is 0 Å². The molecule has 0 saturated carbocycles. The fourth-order valence-corrected chi connectivity index (χ4v) is 4.17. The number of likely N-dealkylation sites (tertiary alicyclic amines) is 2. The standard InChI is InChI=1S/C19H29N3O2/c1-14-11-15(6-7-18(14)24-3)12-20-19(23)22-9-4-5-16-13-21(2)10-8-17(16)22/h6-7,11,16-17H,4-5,8-10,12-13H2,1-3H3,(H,20,23)/t16-,17-/m0/s1. The second-order valence-electron chi connectivity index (χ2n) is 7.18. The summed E-state index contributed by atoms with van der Waals surface area (Å²) in [5, 5.41) is 3.11. The maximum absolute atomic E-state index is 12.7. The Labute approximate surface area is 145 Å². The molecule has 0 radical (unpaired) electrons. The summed E-state index contributed by atoms with van der Waals surface area (Å²) in [4.78, 5) is 17.2. The summed E-state index contributed by atoms with van der Waals surface area (Å²) in [6.07, 6.45) is 3.46. The average molecular weight is 331 g/mol.